The molecule has 11 nitrogen and oxygen atoms in total. The van der Waals surface area contributed by atoms with Crippen LogP contribution in [0.3, 0.4) is 0 Å². The van der Waals surface area contributed by atoms with Crippen LogP contribution in [0, 0.1) is 0 Å². The number of amides is 2. The molecule has 2 N–H and O–H groups in total. The Bertz CT molecular complexity index is 1630. The van der Waals surface area contributed by atoms with E-state index in [0.29, 0.717) is 11.3 Å². The summed E-state index contributed by atoms with van der Waals surface area (Å²) in [6.45, 7) is 1.31. The van der Waals surface area contributed by atoms with Crippen LogP contribution < -0.4 is 15.4 Å². The number of carbonyl (C=O) groups excluding carboxylic acids is 3. The van der Waals surface area contributed by atoms with Crippen LogP contribution in [0.25, 0.3) is 16.9 Å². The molecule has 200 valence electrons. The van der Waals surface area contributed by atoms with Crippen molar-refractivity contribution < 1.29 is 23.9 Å². The maximum atomic E-state index is 13.2. The number of fused-ring (bicyclic) bond motifs is 1. The van der Waals surface area contributed by atoms with Gasteiger partial charge in [0.15, 0.2) is 11.2 Å². The topological polar surface area (TPSA) is 137 Å². The first kappa shape index (κ1) is 26.0. The average molecular weight is 537 g/mol. The average Bonchev–Trinajstić information content (AvgIpc) is 3.40. The van der Waals surface area contributed by atoms with Gasteiger partial charge in [0.25, 0.3) is 5.88 Å². The van der Waals surface area contributed by atoms with Crippen molar-refractivity contribution in [1.82, 2.24) is 24.8 Å². The van der Waals surface area contributed by atoms with Crippen LogP contribution in [0.1, 0.15) is 34.5 Å². The minimum absolute atomic E-state index is 0.0709. The van der Waals surface area contributed by atoms with Gasteiger partial charge in [0.05, 0.1) is 18.7 Å². The highest BCUT2D eigenvalue weighted by atomic mass is 16.6. The van der Waals surface area contributed by atoms with E-state index in [9.17, 15) is 14.4 Å². The number of ether oxygens (including phenoxy) is 2. The Morgan fingerprint density at radius 3 is 2.05 bits per heavy atom. The van der Waals surface area contributed by atoms with Gasteiger partial charge in [-0.3, -0.25) is 14.7 Å². The highest BCUT2D eigenvalue weighted by Crippen LogP contribution is 2.27. The number of anilines is 1. The fourth-order valence-electron chi connectivity index (χ4n) is 4.11. The van der Waals surface area contributed by atoms with Crippen molar-refractivity contribution in [3.8, 4) is 11.6 Å². The third kappa shape index (κ3) is 5.63. The lowest BCUT2D eigenvalue weighted by Crippen LogP contribution is -2.32. The first-order valence-corrected chi connectivity index (χ1v) is 12.2. The van der Waals surface area contributed by atoms with Crippen molar-refractivity contribution in [2.75, 3.05) is 12.4 Å². The summed E-state index contributed by atoms with van der Waals surface area (Å²) in [6.07, 6.45) is 0.703. The van der Waals surface area contributed by atoms with E-state index >= 15 is 0 Å². The van der Waals surface area contributed by atoms with Crippen LogP contribution in [0.15, 0.2) is 91.3 Å². The number of hydrogen-bond donors (Lipinski definition) is 2. The molecule has 0 atom stereocenters. The summed E-state index contributed by atoms with van der Waals surface area (Å²) >= 11 is 0. The number of rotatable bonds is 7. The largest absolute Gasteiger partial charge is 0.465 e. The van der Waals surface area contributed by atoms with Gasteiger partial charge in [0.2, 0.25) is 11.9 Å². The second-order valence-corrected chi connectivity index (χ2v) is 8.65. The number of aromatic nitrogens is 4. The van der Waals surface area contributed by atoms with Crippen LogP contribution in [0.2, 0.25) is 0 Å². The molecule has 0 saturated heterocycles. The number of imidazole rings is 1. The lowest BCUT2D eigenvalue weighted by molar-refractivity contribution is -0.114. The molecule has 0 spiro atoms. The van der Waals surface area contributed by atoms with Crippen molar-refractivity contribution in [3.05, 3.63) is 108 Å². The Kier molecular flexibility index (Phi) is 7.45. The predicted octanol–water partition coefficient (Wildman–Crippen LogP) is 4.44. The minimum Gasteiger partial charge on any atom is -0.465 e. The van der Waals surface area contributed by atoms with Crippen LogP contribution >= 0.6 is 0 Å². The molecule has 2 heterocycles. The van der Waals surface area contributed by atoms with Crippen molar-refractivity contribution in [2.45, 2.75) is 13.0 Å². The summed E-state index contributed by atoms with van der Waals surface area (Å²) in [6, 6.07) is 25.0. The van der Waals surface area contributed by atoms with E-state index in [0.717, 1.165) is 11.1 Å². The Morgan fingerprint density at radius 2 is 1.48 bits per heavy atom. The van der Waals surface area contributed by atoms with Crippen molar-refractivity contribution in [2.24, 2.45) is 0 Å². The van der Waals surface area contributed by atoms with Crippen molar-refractivity contribution in [1.29, 1.82) is 0 Å². The van der Waals surface area contributed by atoms with Crippen LogP contribution in [-0.4, -0.2) is 44.6 Å². The van der Waals surface area contributed by atoms with Crippen LogP contribution in [-0.2, 0) is 9.53 Å². The molecule has 11 heteroatoms. The van der Waals surface area contributed by atoms with E-state index in [2.05, 4.69) is 25.6 Å². The van der Waals surface area contributed by atoms with Gasteiger partial charge in [-0.2, -0.15) is 9.97 Å². The highest BCUT2D eigenvalue weighted by molar-refractivity contribution is 5.90. The molecule has 0 radical (unpaired) electrons. The van der Waals surface area contributed by atoms with Crippen molar-refractivity contribution >= 4 is 35.1 Å². The predicted molar refractivity (Wildman–Crippen MR) is 146 cm³/mol. The second-order valence-electron chi connectivity index (χ2n) is 8.65. The Morgan fingerprint density at radius 1 is 0.850 bits per heavy atom. The summed E-state index contributed by atoms with van der Waals surface area (Å²) < 4.78 is 12.0. The van der Waals surface area contributed by atoms with Gasteiger partial charge in [-0.1, -0.05) is 60.7 Å². The number of nitrogens with one attached hydrogen (secondary N) is 2. The first-order chi connectivity index (χ1) is 19.4. The zero-order valence-corrected chi connectivity index (χ0v) is 21.6. The molecular weight excluding hydrogens is 512 g/mol. The number of benzene rings is 3. The Balaban J connectivity index is 1.49. The molecule has 0 aliphatic rings. The van der Waals surface area contributed by atoms with Gasteiger partial charge in [-0.25, -0.2) is 14.6 Å². The van der Waals surface area contributed by atoms with E-state index in [4.69, 9.17) is 9.47 Å². The highest BCUT2D eigenvalue weighted by Gasteiger charge is 2.22. The molecule has 2 amide bonds. The summed E-state index contributed by atoms with van der Waals surface area (Å²) in [4.78, 5) is 49.8. The minimum atomic E-state index is -0.775. The van der Waals surface area contributed by atoms with Crippen LogP contribution in [0.4, 0.5) is 10.7 Å². The van der Waals surface area contributed by atoms with Gasteiger partial charge in [-0.15, -0.1) is 0 Å². The molecule has 3 aromatic carbocycles. The zero-order chi connectivity index (χ0) is 28.1. The standard InChI is InChI=1S/C29H24N6O5/c1-18(36)31-28-33-25-24(30-17-35(25)22-15-13-21(14-16-22)27(37)39-2)26(34-28)40-29(38)32-23(19-9-5-3-6-10-19)20-11-7-4-8-12-20/h3-17,23H,1-2H3,(H,32,38)(H,31,33,34,36). The van der Waals surface area contributed by atoms with E-state index in [1.165, 1.54) is 20.4 Å². The van der Waals surface area contributed by atoms with E-state index in [1.54, 1.807) is 28.8 Å². The molecule has 2 aromatic heterocycles. The van der Waals surface area contributed by atoms with Crippen molar-refractivity contribution in [3.63, 3.8) is 0 Å². The van der Waals surface area contributed by atoms with E-state index < -0.39 is 24.0 Å². The molecule has 0 unspecified atom stereocenters. The van der Waals surface area contributed by atoms with Gasteiger partial charge in [-0.05, 0) is 35.4 Å². The van der Waals surface area contributed by atoms with Gasteiger partial charge in [0.1, 0.15) is 6.33 Å². The molecule has 5 rings (SSSR count). The number of carbonyl (C=O) groups is 3. The molecular formula is C29H24N6O5. The second kappa shape index (κ2) is 11.4. The van der Waals surface area contributed by atoms with E-state index in [-0.39, 0.29) is 23.0 Å². The third-order valence-electron chi connectivity index (χ3n) is 5.94. The lowest BCUT2D eigenvalue weighted by Gasteiger charge is -2.19. The smallest absolute Gasteiger partial charge is 0.414 e. The fraction of sp³-hybridized carbons (Fsp3) is 0.103. The summed E-state index contributed by atoms with van der Waals surface area (Å²) in [5.41, 5.74) is 3.17. The Labute approximate surface area is 228 Å². The summed E-state index contributed by atoms with van der Waals surface area (Å²) in [5, 5.41) is 5.42. The lowest BCUT2D eigenvalue weighted by atomic mass is 9.99. The number of esters is 1. The van der Waals surface area contributed by atoms with Gasteiger partial charge in [0, 0.05) is 12.6 Å². The molecule has 0 aliphatic carbocycles. The number of nitrogens with zero attached hydrogens (tertiary/aromatic N) is 4. The summed E-state index contributed by atoms with van der Waals surface area (Å²) in [5.74, 6) is -1.09. The third-order valence-corrected chi connectivity index (χ3v) is 5.94. The number of hydrogen-bond acceptors (Lipinski definition) is 8. The fourth-order valence-corrected chi connectivity index (χ4v) is 4.11. The number of methoxy groups -OCH3 is 1. The normalized spacial score (nSPS) is 10.8. The molecule has 0 fully saturated rings. The maximum absolute atomic E-state index is 13.2. The zero-order valence-electron chi connectivity index (χ0n) is 21.6. The van der Waals surface area contributed by atoms with Gasteiger partial charge >= 0.3 is 12.1 Å². The molecule has 5 aromatic rings. The summed E-state index contributed by atoms with van der Waals surface area (Å²) in [7, 11) is 1.31. The Hall–Kier alpha value is -5.58. The molecule has 0 bridgehead atoms. The first-order valence-electron chi connectivity index (χ1n) is 12.2. The molecule has 0 aliphatic heterocycles. The monoisotopic (exact) mass is 536 g/mol. The SMILES string of the molecule is COC(=O)c1ccc(-n2cnc3c(OC(=O)NC(c4ccccc4)c4ccccc4)nc(NC(C)=O)nc32)cc1. The van der Waals surface area contributed by atoms with Gasteiger partial charge < -0.3 is 14.8 Å². The van der Waals surface area contributed by atoms with E-state index in [1.807, 2.05) is 60.7 Å². The maximum Gasteiger partial charge on any atom is 0.414 e. The molecule has 0 saturated carbocycles. The molecule has 40 heavy (non-hydrogen) atoms. The van der Waals surface area contributed by atoms with Crippen LogP contribution in [0.5, 0.6) is 5.88 Å². The quantitative estimate of drug-likeness (QED) is 0.291.